The zero-order chi connectivity index (χ0) is 19.8. The molecule has 1 aliphatic heterocycles. The van der Waals surface area contributed by atoms with Crippen molar-refractivity contribution in [3.05, 3.63) is 60.2 Å². The molecule has 0 aliphatic carbocycles. The van der Waals surface area contributed by atoms with Gasteiger partial charge in [-0.2, -0.15) is 5.26 Å². The smallest absolute Gasteiger partial charge is 0.282 e. The van der Waals surface area contributed by atoms with Gasteiger partial charge in [0.15, 0.2) is 6.04 Å². The molecule has 0 unspecified atom stereocenters. The Morgan fingerprint density at radius 1 is 1.11 bits per heavy atom. The Bertz CT molecular complexity index is 811. The molecule has 0 spiro atoms. The SMILES string of the molecule is C[C@@H](C(=O)Nc1ccccc1C#N)[NH+]1CC[NH+](CCOc2ccccc2)CC1. The molecule has 2 aromatic carbocycles. The maximum atomic E-state index is 12.6. The molecule has 6 heteroatoms. The van der Waals surface area contributed by atoms with Crippen LogP contribution < -0.4 is 19.9 Å². The summed E-state index contributed by atoms with van der Waals surface area (Å²) < 4.78 is 5.79. The van der Waals surface area contributed by atoms with Crippen LogP contribution in [0.15, 0.2) is 54.6 Å². The standard InChI is InChI=1S/C22H26N4O2/c1-18(22(27)24-21-10-6-5-7-19(21)17-23)26-13-11-25(12-14-26)15-16-28-20-8-3-2-4-9-20/h2-10,18H,11-16H2,1H3,(H,24,27)/p+2/t18-/m0/s1. The lowest BCUT2D eigenvalue weighted by molar-refractivity contribution is -1.02. The van der Waals surface area contributed by atoms with Gasteiger partial charge in [0.2, 0.25) is 0 Å². The second kappa shape index (κ2) is 9.88. The fourth-order valence-corrected chi connectivity index (χ4v) is 3.55. The van der Waals surface area contributed by atoms with Crippen LogP contribution in [0, 0.1) is 11.3 Å². The summed E-state index contributed by atoms with van der Waals surface area (Å²) in [5, 5.41) is 12.1. The minimum Gasteiger partial charge on any atom is -0.488 e. The predicted octanol–water partition coefficient (Wildman–Crippen LogP) is -0.252. The van der Waals surface area contributed by atoms with Crippen molar-refractivity contribution in [3.63, 3.8) is 0 Å². The molecule has 0 saturated carbocycles. The van der Waals surface area contributed by atoms with Crippen molar-refractivity contribution >= 4 is 11.6 Å². The minimum atomic E-state index is -0.145. The van der Waals surface area contributed by atoms with E-state index in [2.05, 4.69) is 11.4 Å². The topological polar surface area (TPSA) is 71.0 Å². The fourth-order valence-electron chi connectivity index (χ4n) is 3.55. The van der Waals surface area contributed by atoms with Gasteiger partial charge >= 0.3 is 0 Å². The van der Waals surface area contributed by atoms with Crippen LogP contribution in [-0.4, -0.2) is 51.3 Å². The van der Waals surface area contributed by atoms with E-state index >= 15 is 0 Å². The predicted molar refractivity (Wildman–Crippen MR) is 107 cm³/mol. The second-order valence-corrected chi connectivity index (χ2v) is 7.19. The Kier molecular flexibility index (Phi) is 7.01. The monoisotopic (exact) mass is 380 g/mol. The number of amides is 1. The number of piperazine rings is 1. The summed E-state index contributed by atoms with van der Waals surface area (Å²) in [6, 6.07) is 19.0. The summed E-state index contributed by atoms with van der Waals surface area (Å²) in [7, 11) is 0. The quantitative estimate of drug-likeness (QED) is 0.620. The second-order valence-electron chi connectivity index (χ2n) is 7.19. The van der Waals surface area contributed by atoms with Gasteiger partial charge in [-0.05, 0) is 31.2 Å². The molecule has 1 heterocycles. The van der Waals surface area contributed by atoms with E-state index < -0.39 is 0 Å². The van der Waals surface area contributed by atoms with Crippen LogP contribution in [0.1, 0.15) is 12.5 Å². The Labute approximate surface area is 166 Å². The number of para-hydroxylation sites is 2. The van der Waals surface area contributed by atoms with Crippen LogP contribution in [0.25, 0.3) is 0 Å². The molecule has 1 fully saturated rings. The van der Waals surface area contributed by atoms with Gasteiger partial charge < -0.3 is 19.9 Å². The first-order valence-corrected chi connectivity index (χ1v) is 9.83. The van der Waals surface area contributed by atoms with Crippen molar-refractivity contribution in [3.8, 4) is 11.8 Å². The van der Waals surface area contributed by atoms with Gasteiger partial charge in [0.25, 0.3) is 5.91 Å². The first-order valence-electron chi connectivity index (χ1n) is 9.83. The van der Waals surface area contributed by atoms with Crippen LogP contribution in [0.2, 0.25) is 0 Å². The van der Waals surface area contributed by atoms with Crippen molar-refractivity contribution < 1.29 is 19.3 Å². The molecule has 28 heavy (non-hydrogen) atoms. The highest BCUT2D eigenvalue weighted by atomic mass is 16.5. The van der Waals surface area contributed by atoms with Gasteiger partial charge in [0.05, 0.1) is 11.3 Å². The molecule has 1 amide bonds. The van der Waals surface area contributed by atoms with Crippen molar-refractivity contribution in [2.75, 3.05) is 44.6 Å². The first kappa shape index (κ1) is 19.9. The van der Waals surface area contributed by atoms with E-state index in [-0.39, 0.29) is 11.9 Å². The van der Waals surface area contributed by atoms with Crippen molar-refractivity contribution in [2.45, 2.75) is 13.0 Å². The summed E-state index contributed by atoms with van der Waals surface area (Å²) in [6.45, 7) is 7.60. The third-order valence-corrected chi connectivity index (χ3v) is 5.38. The highest BCUT2D eigenvalue weighted by molar-refractivity contribution is 5.94. The molecule has 0 radical (unpaired) electrons. The molecule has 3 N–H and O–H groups in total. The fraction of sp³-hybridized carbons (Fsp3) is 0.364. The Morgan fingerprint density at radius 2 is 1.79 bits per heavy atom. The zero-order valence-electron chi connectivity index (χ0n) is 16.3. The van der Waals surface area contributed by atoms with E-state index in [0.717, 1.165) is 38.5 Å². The van der Waals surface area contributed by atoms with Gasteiger partial charge in [-0.1, -0.05) is 30.3 Å². The maximum absolute atomic E-state index is 12.6. The number of hydrogen-bond donors (Lipinski definition) is 3. The summed E-state index contributed by atoms with van der Waals surface area (Å²) in [4.78, 5) is 15.4. The third kappa shape index (κ3) is 5.32. The molecule has 2 aromatic rings. The number of carbonyl (C=O) groups is 1. The number of nitrogens with zero attached hydrogens (tertiary/aromatic N) is 1. The first-order chi connectivity index (χ1) is 13.7. The Hall–Kier alpha value is -2.88. The molecule has 3 rings (SSSR count). The molecule has 1 saturated heterocycles. The lowest BCUT2D eigenvalue weighted by Gasteiger charge is -2.32. The lowest BCUT2D eigenvalue weighted by Crippen LogP contribution is -3.30. The van der Waals surface area contributed by atoms with E-state index in [9.17, 15) is 10.1 Å². The summed E-state index contributed by atoms with van der Waals surface area (Å²) in [6.07, 6.45) is 0. The Morgan fingerprint density at radius 3 is 2.50 bits per heavy atom. The molecule has 1 atom stereocenters. The van der Waals surface area contributed by atoms with Gasteiger partial charge in [-0.15, -0.1) is 0 Å². The summed E-state index contributed by atoms with van der Waals surface area (Å²) >= 11 is 0. The average molecular weight is 380 g/mol. The van der Waals surface area contributed by atoms with Gasteiger partial charge in [-0.25, -0.2) is 0 Å². The van der Waals surface area contributed by atoms with Gasteiger partial charge in [0.1, 0.15) is 51.1 Å². The van der Waals surface area contributed by atoms with E-state index in [1.54, 1.807) is 18.2 Å². The highest BCUT2D eigenvalue weighted by Gasteiger charge is 2.31. The minimum absolute atomic E-state index is 0.0337. The number of ether oxygens (including phenoxy) is 1. The third-order valence-electron chi connectivity index (χ3n) is 5.38. The number of quaternary nitrogens is 2. The molecule has 0 bridgehead atoms. The zero-order valence-corrected chi connectivity index (χ0v) is 16.3. The van der Waals surface area contributed by atoms with Crippen molar-refractivity contribution in [2.24, 2.45) is 0 Å². The van der Waals surface area contributed by atoms with E-state index in [0.29, 0.717) is 17.9 Å². The maximum Gasteiger partial charge on any atom is 0.282 e. The number of benzene rings is 2. The lowest BCUT2D eigenvalue weighted by atomic mass is 10.1. The molecule has 1 aliphatic rings. The van der Waals surface area contributed by atoms with Gasteiger partial charge in [0, 0.05) is 0 Å². The largest absolute Gasteiger partial charge is 0.488 e. The van der Waals surface area contributed by atoms with Crippen molar-refractivity contribution in [1.29, 1.82) is 5.26 Å². The Balaban J connectivity index is 1.42. The molecule has 0 aromatic heterocycles. The average Bonchev–Trinajstić information content (AvgIpc) is 2.75. The van der Waals surface area contributed by atoms with E-state index in [1.807, 2.05) is 43.3 Å². The summed E-state index contributed by atoms with van der Waals surface area (Å²) in [5.74, 6) is 0.877. The van der Waals surface area contributed by atoms with Crippen LogP contribution in [0.5, 0.6) is 5.75 Å². The molecular formula is C22H28N4O2+2. The molecule has 6 nitrogen and oxygen atoms in total. The van der Waals surface area contributed by atoms with Crippen LogP contribution >= 0.6 is 0 Å². The molecule has 146 valence electrons. The molecular weight excluding hydrogens is 352 g/mol. The van der Waals surface area contributed by atoms with Crippen LogP contribution in [-0.2, 0) is 4.79 Å². The van der Waals surface area contributed by atoms with Crippen molar-refractivity contribution in [1.82, 2.24) is 0 Å². The summed E-state index contributed by atoms with van der Waals surface area (Å²) in [5.41, 5.74) is 1.08. The number of anilines is 1. The highest BCUT2D eigenvalue weighted by Crippen LogP contribution is 2.13. The number of nitriles is 1. The van der Waals surface area contributed by atoms with E-state index in [4.69, 9.17) is 4.74 Å². The number of rotatable bonds is 7. The normalized spacial score (nSPS) is 20.0. The van der Waals surface area contributed by atoms with E-state index in [1.165, 1.54) is 9.80 Å². The number of nitrogens with one attached hydrogen (secondary N) is 3. The van der Waals surface area contributed by atoms with Crippen LogP contribution in [0.4, 0.5) is 5.69 Å². The number of hydrogen-bond acceptors (Lipinski definition) is 3. The van der Waals surface area contributed by atoms with Crippen LogP contribution in [0.3, 0.4) is 0 Å². The number of carbonyl (C=O) groups excluding carboxylic acids is 1. The van der Waals surface area contributed by atoms with Gasteiger partial charge in [-0.3, -0.25) is 4.79 Å².